The summed E-state index contributed by atoms with van der Waals surface area (Å²) in [7, 11) is 0. The Labute approximate surface area is 188 Å². The molecule has 2 atom stereocenters. The van der Waals surface area contributed by atoms with E-state index < -0.39 is 34.8 Å². The highest BCUT2D eigenvalue weighted by Gasteiger charge is 2.52. The number of carbonyl (C=O) groups is 4. The Morgan fingerprint density at radius 1 is 0.935 bits per heavy atom. The first-order valence-electron chi connectivity index (χ1n) is 9.65. The van der Waals surface area contributed by atoms with Gasteiger partial charge < -0.3 is 4.74 Å². The molecule has 0 unspecified atom stereocenters. The summed E-state index contributed by atoms with van der Waals surface area (Å²) in [4.78, 5) is 54.2. The average Bonchev–Trinajstić information content (AvgIpc) is 3.15. The Kier molecular flexibility index (Phi) is 5.88. The lowest BCUT2D eigenvalue weighted by Crippen LogP contribution is -2.40. The predicted molar refractivity (Wildman–Crippen MR) is 120 cm³/mol. The number of imide groups is 2. The Morgan fingerprint density at radius 3 is 2.10 bits per heavy atom. The van der Waals surface area contributed by atoms with Gasteiger partial charge in [0.1, 0.15) is 5.25 Å². The van der Waals surface area contributed by atoms with Crippen LogP contribution >= 0.6 is 24.0 Å². The quantitative estimate of drug-likeness (QED) is 0.507. The maximum absolute atomic E-state index is 13.3. The van der Waals surface area contributed by atoms with Crippen molar-refractivity contribution in [2.24, 2.45) is 5.92 Å². The fourth-order valence-corrected chi connectivity index (χ4v) is 5.09. The largest absolute Gasteiger partial charge is 0.479 e. The number of fused-ring (bicyclic) bond motifs is 1. The molecule has 2 heterocycles. The van der Waals surface area contributed by atoms with Gasteiger partial charge in [0.15, 0.2) is 0 Å². The highest BCUT2D eigenvalue weighted by Crippen LogP contribution is 2.36. The molecule has 4 amide bonds. The number of ether oxygens (including phenoxy) is 1. The van der Waals surface area contributed by atoms with Crippen LogP contribution < -0.4 is 4.90 Å². The van der Waals surface area contributed by atoms with E-state index >= 15 is 0 Å². The van der Waals surface area contributed by atoms with E-state index in [1.165, 1.54) is 0 Å². The summed E-state index contributed by atoms with van der Waals surface area (Å²) in [5, 5.41) is -0.906. The minimum atomic E-state index is -0.946. The number of hydrogen-bond acceptors (Lipinski definition) is 7. The summed E-state index contributed by atoms with van der Waals surface area (Å²) in [5.41, 5.74) is 1.01. The first-order valence-corrected chi connectivity index (χ1v) is 10.9. The number of anilines is 1. The Bertz CT molecular complexity index is 1050. The molecule has 4 rings (SSSR count). The van der Waals surface area contributed by atoms with Gasteiger partial charge in [-0.05, 0) is 43.4 Å². The molecular formula is C22H18N2O5S2. The number of carbonyl (C=O) groups excluding carboxylic acids is 4. The first-order chi connectivity index (χ1) is 14.9. The zero-order valence-corrected chi connectivity index (χ0v) is 18.2. The predicted octanol–water partition coefficient (Wildman–Crippen LogP) is 2.90. The van der Waals surface area contributed by atoms with Crippen LogP contribution in [0.5, 0.6) is 0 Å². The molecule has 0 aliphatic carbocycles. The van der Waals surface area contributed by atoms with E-state index in [0.29, 0.717) is 23.4 Å². The van der Waals surface area contributed by atoms with E-state index in [2.05, 4.69) is 0 Å². The second-order valence-electron chi connectivity index (χ2n) is 6.94. The Morgan fingerprint density at radius 2 is 1.52 bits per heavy atom. The second-order valence-corrected chi connectivity index (χ2v) is 8.69. The molecule has 9 heteroatoms. The molecule has 0 aromatic heterocycles. The zero-order chi connectivity index (χ0) is 22.1. The number of thioether (sulfide) groups is 1. The first kappa shape index (κ1) is 21.2. The summed E-state index contributed by atoms with van der Waals surface area (Å²) in [5.74, 6) is -2.84. The molecule has 0 N–H and O–H groups in total. The third kappa shape index (κ3) is 3.75. The molecule has 1 saturated heterocycles. The molecule has 0 saturated carbocycles. The smallest absolute Gasteiger partial charge is 0.261 e. The van der Waals surface area contributed by atoms with Crippen molar-refractivity contribution in [1.29, 1.82) is 0 Å². The molecule has 7 nitrogen and oxygen atoms in total. The minimum Gasteiger partial charge on any atom is -0.479 e. The van der Waals surface area contributed by atoms with Crippen LogP contribution in [0.1, 0.15) is 27.6 Å². The fourth-order valence-electron chi connectivity index (χ4n) is 3.70. The molecule has 0 bridgehead atoms. The second kappa shape index (κ2) is 8.60. The molecule has 0 spiro atoms. The van der Waals surface area contributed by atoms with E-state index in [1.54, 1.807) is 61.5 Å². The van der Waals surface area contributed by atoms with Gasteiger partial charge in [0.2, 0.25) is 16.2 Å². The van der Waals surface area contributed by atoms with Crippen molar-refractivity contribution in [3.05, 3.63) is 65.7 Å². The topological polar surface area (TPSA) is 84.0 Å². The van der Waals surface area contributed by atoms with Crippen LogP contribution in [0.25, 0.3) is 0 Å². The van der Waals surface area contributed by atoms with Crippen LogP contribution in [-0.4, -0.2) is 51.3 Å². The number of para-hydroxylation sites is 1. The molecule has 2 aromatic rings. The molecule has 2 aliphatic rings. The third-order valence-corrected chi connectivity index (χ3v) is 6.62. The van der Waals surface area contributed by atoms with Gasteiger partial charge in [0.25, 0.3) is 11.8 Å². The number of benzene rings is 2. The minimum absolute atomic E-state index is 0.135. The molecule has 2 aromatic carbocycles. The lowest BCUT2D eigenvalue weighted by molar-refractivity contribution is -0.122. The van der Waals surface area contributed by atoms with Crippen LogP contribution in [0.2, 0.25) is 0 Å². The van der Waals surface area contributed by atoms with Crippen molar-refractivity contribution < 1.29 is 23.9 Å². The van der Waals surface area contributed by atoms with Crippen LogP contribution in [0.4, 0.5) is 5.69 Å². The van der Waals surface area contributed by atoms with Gasteiger partial charge in [-0.2, -0.15) is 0 Å². The maximum Gasteiger partial charge on any atom is 0.261 e. The molecule has 31 heavy (non-hydrogen) atoms. The Hall–Kier alpha value is -3.04. The summed E-state index contributed by atoms with van der Waals surface area (Å²) < 4.78 is 5.44. The maximum atomic E-state index is 13.3. The number of amides is 4. The summed E-state index contributed by atoms with van der Waals surface area (Å²) in [6.45, 7) is 1.87. The van der Waals surface area contributed by atoms with Crippen molar-refractivity contribution >= 4 is 57.7 Å². The van der Waals surface area contributed by atoms with Crippen molar-refractivity contribution in [3.8, 4) is 0 Å². The zero-order valence-electron chi connectivity index (χ0n) is 16.5. The van der Waals surface area contributed by atoms with Crippen LogP contribution in [-0.2, 0) is 14.3 Å². The lowest BCUT2D eigenvalue weighted by atomic mass is 10.1. The van der Waals surface area contributed by atoms with Crippen molar-refractivity contribution in [3.63, 3.8) is 0 Å². The highest BCUT2D eigenvalue weighted by atomic mass is 32.2. The van der Waals surface area contributed by atoms with Crippen LogP contribution in [0.15, 0.2) is 54.6 Å². The van der Waals surface area contributed by atoms with Crippen LogP contribution in [0, 0.1) is 5.92 Å². The van der Waals surface area contributed by atoms with E-state index in [-0.39, 0.29) is 10.9 Å². The number of rotatable bonds is 5. The highest BCUT2D eigenvalue weighted by molar-refractivity contribution is 8.23. The van der Waals surface area contributed by atoms with Crippen LogP contribution in [0.3, 0.4) is 0 Å². The van der Waals surface area contributed by atoms with E-state index in [0.717, 1.165) is 21.6 Å². The molecular weight excluding hydrogens is 436 g/mol. The van der Waals surface area contributed by atoms with Gasteiger partial charge in [-0.25, -0.2) is 4.90 Å². The summed E-state index contributed by atoms with van der Waals surface area (Å²) in [6, 6.07) is 15.0. The normalized spacial score (nSPS) is 20.4. The molecule has 0 radical (unpaired) electrons. The lowest BCUT2D eigenvalue weighted by Gasteiger charge is -2.20. The SMILES string of the molecule is CCOC(=S)S[C@@H]1C(=O)N(c2ccccc2)C(=O)[C@H]1CN1C(=O)c2ccccc2C1=O. The van der Waals surface area contributed by atoms with Crippen molar-refractivity contribution in [2.45, 2.75) is 12.2 Å². The van der Waals surface area contributed by atoms with Gasteiger partial charge in [-0.15, -0.1) is 0 Å². The summed E-state index contributed by atoms with van der Waals surface area (Å²) in [6.07, 6.45) is 0. The van der Waals surface area contributed by atoms with Gasteiger partial charge >= 0.3 is 0 Å². The van der Waals surface area contributed by atoms with Gasteiger partial charge in [0, 0.05) is 6.54 Å². The average molecular weight is 455 g/mol. The number of hydrogen-bond donors (Lipinski definition) is 0. The monoisotopic (exact) mass is 454 g/mol. The van der Waals surface area contributed by atoms with Crippen molar-refractivity contribution in [2.75, 3.05) is 18.1 Å². The van der Waals surface area contributed by atoms with E-state index in [4.69, 9.17) is 17.0 Å². The molecule has 1 fully saturated rings. The number of nitrogens with zero attached hydrogens (tertiary/aromatic N) is 2. The third-order valence-electron chi connectivity index (χ3n) is 5.12. The summed E-state index contributed by atoms with van der Waals surface area (Å²) >= 11 is 6.15. The molecule has 2 aliphatic heterocycles. The Balaban J connectivity index is 1.66. The van der Waals surface area contributed by atoms with Gasteiger partial charge in [-0.1, -0.05) is 42.1 Å². The van der Waals surface area contributed by atoms with E-state index in [9.17, 15) is 19.2 Å². The van der Waals surface area contributed by atoms with Gasteiger partial charge in [-0.3, -0.25) is 24.1 Å². The van der Waals surface area contributed by atoms with Gasteiger partial charge in [0.05, 0.1) is 29.3 Å². The number of thiocarbonyl (C=S) groups is 1. The molecule has 158 valence electrons. The van der Waals surface area contributed by atoms with Crippen molar-refractivity contribution in [1.82, 2.24) is 4.90 Å². The fraction of sp³-hybridized carbons (Fsp3) is 0.227. The standard InChI is InChI=1S/C22H18N2O5S2/c1-2-29-22(30)31-17-16(20(27)24(21(17)28)13-8-4-3-5-9-13)12-23-18(25)14-10-6-7-11-15(14)19(23)26/h3-11,16-17H,2,12H2,1H3/t16-,17-/m0/s1. The van der Waals surface area contributed by atoms with E-state index in [1.807, 2.05) is 0 Å².